The van der Waals surface area contributed by atoms with Crippen LogP contribution in [0.25, 0.3) is 0 Å². The fourth-order valence-corrected chi connectivity index (χ4v) is 2.03. The zero-order valence-electron chi connectivity index (χ0n) is 9.71. The van der Waals surface area contributed by atoms with E-state index in [1.165, 1.54) is 6.07 Å². The zero-order valence-corrected chi connectivity index (χ0v) is 9.71. The first-order chi connectivity index (χ1) is 8.27. The first kappa shape index (κ1) is 12.0. The molecule has 0 aromatic heterocycles. The maximum atomic E-state index is 13.4. The van der Waals surface area contributed by atoms with Crippen LogP contribution in [0.4, 0.5) is 10.1 Å². The molecule has 1 amide bonds. The van der Waals surface area contributed by atoms with Crippen LogP contribution in [0.2, 0.25) is 0 Å². The van der Waals surface area contributed by atoms with Crippen molar-refractivity contribution in [2.75, 3.05) is 11.9 Å². The average Bonchev–Trinajstić information content (AvgIpc) is 2.61. The molecule has 1 unspecified atom stereocenters. The summed E-state index contributed by atoms with van der Waals surface area (Å²) in [4.78, 5) is 11.9. The molecular formula is C13H17FN2O. The molecule has 0 radical (unpaired) electrons. The van der Waals surface area contributed by atoms with E-state index in [1.807, 2.05) is 0 Å². The SMILES string of the molecule is O=C(Nc1ccccc1F)C1CCCCCN1. The number of para-hydroxylation sites is 1. The van der Waals surface area contributed by atoms with Crippen LogP contribution in [0.15, 0.2) is 24.3 Å². The molecule has 4 heteroatoms. The molecule has 1 atom stereocenters. The summed E-state index contributed by atoms with van der Waals surface area (Å²) in [6.45, 7) is 0.857. The summed E-state index contributed by atoms with van der Waals surface area (Å²) >= 11 is 0. The molecular weight excluding hydrogens is 219 g/mol. The van der Waals surface area contributed by atoms with Crippen molar-refractivity contribution >= 4 is 11.6 Å². The second kappa shape index (κ2) is 5.77. The summed E-state index contributed by atoms with van der Waals surface area (Å²) in [6, 6.07) is 6.03. The van der Waals surface area contributed by atoms with E-state index >= 15 is 0 Å². The van der Waals surface area contributed by atoms with E-state index in [9.17, 15) is 9.18 Å². The minimum absolute atomic E-state index is 0.142. The molecule has 1 fully saturated rings. The maximum Gasteiger partial charge on any atom is 0.241 e. The van der Waals surface area contributed by atoms with Gasteiger partial charge in [0.15, 0.2) is 0 Å². The lowest BCUT2D eigenvalue weighted by atomic mass is 10.1. The molecule has 1 aliphatic heterocycles. The summed E-state index contributed by atoms with van der Waals surface area (Å²) in [5, 5.41) is 5.82. The molecule has 0 bridgehead atoms. The van der Waals surface area contributed by atoms with E-state index in [-0.39, 0.29) is 17.6 Å². The number of hydrogen-bond donors (Lipinski definition) is 2. The van der Waals surface area contributed by atoms with Crippen molar-refractivity contribution < 1.29 is 9.18 Å². The van der Waals surface area contributed by atoms with Gasteiger partial charge in [-0.25, -0.2) is 4.39 Å². The number of benzene rings is 1. The topological polar surface area (TPSA) is 41.1 Å². The minimum Gasteiger partial charge on any atom is -0.322 e. The zero-order chi connectivity index (χ0) is 12.1. The van der Waals surface area contributed by atoms with Crippen molar-refractivity contribution in [2.24, 2.45) is 0 Å². The van der Waals surface area contributed by atoms with Gasteiger partial charge in [0.1, 0.15) is 5.82 Å². The monoisotopic (exact) mass is 236 g/mol. The van der Waals surface area contributed by atoms with Gasteiger partial charge in [-0.15, -0.1) is 0 Å². The molecule has 1 aromatic carbocycles. The van der Waals surface area contributed by atoms with Crippen molar-refractivity contribution in [1.29, 1.82) is 0 Å². The van der Waals surface area contributed by atoms with Crippen LogP contribution in [0.1, 0.15) is 25.7 Å². The van der Waals surface area contributed by atoms with Crippen molar-refractivity contribution in [2.45, 2.75) is 31.7 Å². The van der Waals surface area contributed by atoms with Crippen LogP contribution >= 0.6 is 0 Å². The number of carbonyl (C=O) groups is 1. The van der Waals surface area contributed by atoms with Crippen LogP contribution in [-0.4, -0.2) is 18.5 Å². The predicted molar refractivity (Wildman–Crippen MR) is 65.3 cm³/mol. The smallest absolute Gasteiger partial charge is 0.241 e. The highest BCUT2D eigenvalue weighted by Gasteiger charge is 2.20. The standard InChI is InChI=1S/C13H17FN2O/c14-10-6-3-4-7-11(10)16-13(17)12-8-2-1-5-9-15-12/h3-4,6-7,12,15H,1-2,5,8-9H2,(H,16,17). The van der Waals surface area contributed by atoms with E-state index < -0.39 is 5.82 Å². The quantitative estimate of drug-likeness (QED) is 0.827. The highest BCUT2D eigenvalue weighted by molar-refractivity contribution is 5.94. The van der Waals surface area contributed by atoms with Gasteiger partial charge in [0.25, 0.3) is 0 Å². The maximum absolute atomic E-state index is 13.4. The fourth-order valence-electron chi connectivity index (χ4n) is 2.03. The molecule has 3 nitrogen and oxygen atoms in total. The van der Waals surface area contributed by atoms with Crippen molar-refractivity contribution in [3.05, 3.63) is 30.1 Å². The van der Waals surface area contributed by atoms with E-state index in [4.69, 9.17) is 0 Å². The van der Waals surface area contributed by atoms with Gasteiger partial charge in [0.05, 0.1) is 11.7 Å². The molecule has 1 aliphatic rings. The predicted octanol–water partition coefficient (Wildman–Crippen LogP) is 2.30. The Morgan fingerprint density at radius 1 is 1.29 bits per heavy atom. The number of nitrogens with one attached hydrogen (secondary N) is 2. The molecule has 1 aromatic rings. The van der Waals surface area contributed by atoms with E-state index in [1.54, 1.807) is 18.2 Å². The largest absolute Gasteiger partial charge is 0.322 e. The number of anilines is 1. The third-order valence-electron chi connectivity index (χ3n) is 3.01. The van der Waals surface area contributed by atoms with Crippen LogP contribution in [-0.2, 0) is 4.79 Å². The van der Waals surface area contributed by atoms with E-state index in [0.717, 1.165) is 32.2 Å². The Kier molecular flexibility index (Phi) is 4.09. The normalized spacial score (nSPS) is 20.6. The number of hydrogen-bond acceptors (Lipinski definition) is 2. The van der Waals surface area contributed by atoms with E-state index in [0.29, 0.717) is 0 Å². The Morgan fingerprint density at radius 2 is 2.12 bits per heavy atom. The first-order valence-electron chi connectivity index (χ1n) is 6.06. The van der Waals surface area contributed by atoms with Gasteiger partial charge >= 0.3 is 0 Å². The first-order valence-corrected chi connectivity index (χ1v) is 6.06. The van der Waals surface area contributed by atoms with Gasteiger partial charge in [0, 0.05) is 0 Å². The lowest BCUT2D eigenvalue weighted by Crippen LogP contribution is -2.40. The lowest BCUT2D eigenvalue weighted by molar-refractivity contribution is -0.118. The van der Waals surface area contributed by atoms with Crippen LogP contribution in [0.3, 0.4) is 0 Å². The van der Waals surface area contributed by atoms with Gasteiger partial charge in [-0.3, -0.25) is 4.79 Å². The highest BCUT2D eigenvalue weighted by atomic mass is 19.1. The van der Waals surface area contributed by atoms with Gasteiger partial charge in [-0.2, -0.15) is 0 Å². The summed E-state index contributed by atoms with van der Waals surface area (Å²) < 4.78 is 13.4. The molecule has 0 aliphatic carbocycles. The number of carbonyl (C=O) groups excluding carboxylic acids is 1. The summed E-state index contributed by atoms with van der Waals surface area (Å²) in [6.07, 6.45) is 4.11. The minimum atomic E-state index is -0.394. The van der Waals surface area contributed by atoms with Gasteiger partial charge in [0.2, 0.25) is 5.91 Å². The second-order valence-electron chi connectivity index (χ2n) is 4.33. The molecule has 2 rings (SSSR count). The van der Waals surface area contributed by atoms with Gasteiger partial charge in [-0.05, 0) is 31.5 Å². The second-order valence-corrected chi connectivity index (χ2v) is 4.33. The number of halogens is 1. The molecule has 0 saturated carbocycles. The molecule has 1 saturated heterocycles. The molecule has 1 heterocycles. The van der Waals surface area contributed by atoms with Crippen molar-refractivity contribution in [1.82, 2.24) is 5.32 Å². The Balaban J connectivity index is 1.98. The molecule has 17 heavy (non-hydrogen) atoms. The van der Waals surface area contributed by atoms with Crippen LogP contribution < -0.4 is 10.6 Å². The third kappa shape index (κ3) is 3.27. The van der Waals surface area contributed by atoms with Gasteiger partial charge < -0.3 is 10.6 Å². The Bertz CT molecular complexity index is 387. The van der Waals surface area contributed by atoms with Crippen LogP contribution in [0, 0.1) is 5.82 Å². The summed E-state index contributed by atoms with van der Waals surface area (Å²) in [7, 11) is 0. The van der Waals surface area contributed by atoms with Crippen molar-refractivity contribution in [3.8, 4) is 0 Å². The highest BCUT2D eigenvalue weighted by Crippen LogP contribution is 2.14. The molecule has 2 N–H and O–H groups in total. The average molecular weight is 236 g/mol. The summed E-state index contributed by atoms with van der Waals surface area (Å²) in [5.74, 6) is -0.536. The van der Waals surface area contributed by atoms with Crippen molar-refractivity contribution in [3.63, 3.8) is 0 Å². The van der Waals surface area contributed by atoms with E-state index in [2.05, 4.69) is 10.6 Å². The number of amides is 1. The Morgan fingerprint density at radius 3 is 2.94 bits per heavy atom. The Hall–Kier alpha value is -1.42. The summed E-state index contributed by atoms with van der Waals surface area (Å²) in [5.41, 5.74) is 0.253. The Labute approximate surface area is 100 Å². The third-order valence-corrected chi connectivity index (χ3v) is 3.01. The van der Waals surface area contributed by atoms with Crippen LogP contribution in [0.5, 0.6) is 0 Å². The number of rotatable bonds is 2. The fraction of sp³-hybridized carbons (Fsp3) is 0.462. The van der Waals surface area contributed by atoms with Gasteiger partial charge in [-0.1, -0.05) is 25.0 Å². The molecule has 92 valence electrons. The molecule has 0 spiro atoms. The lowest BCUT2D eigenvalue weighted by Gasteiger charge is -2.15.